The number of rotatable bonds is 2. The van der Waals surface area contributed by atoms with E-state index in [2.05, 4.69) is 30.1 Å². The maximum atomic E-state index is 9.09. The second-order valence-electron chi connectivity index (χ2n) is 4.35. The summed E-state index contributed by atoms with van der Waals surface area (Å²) < 4.78 is 1.95. The molecule has 2 N–H and O–H groups in total. The Kier molecular flexibility index (Phi) is 2.73. The number of nitrogens with two attached hydrogens (primary N) is 1. The van der Waals surface area contributed by atoms with Crippen molar-refractivity contribution in [1.29, 1.82) is 5.26 Å². The lowest BCUT2D eigenvalue weighted by atomic mass is 10.2. The minimum Gasteiger partial charge on any atom is -0.369 e. The molecule has 5 heteroatoms. The average Bonchev–Trinajstić information content (AvgIpc) is 2.94. The number of imidazole rings is 1. The summed E-state index contributed by atoms with van der Waals surface area (Å²) in [7, 11) is 0. The van der Waals surface area contributed by atoms with Crippen molar-refractivity contribution < 1.29 is 0 Å². The molecule has 19 heavy (non-hydrogen) atoms. The largest absolute Gasteiger partial charge is 0.369 e. The van der Waals surface area contributed by atoms with Crippen molar-refractivity contribution in [3.63, 3.8) is 0 Å². The third-order valence-electron chi connectivity index (χ3n) is 3.04. The fourth-order valence-electron chi connectivity index (χ4n) is 2.15. The molecule has 0 bridgehead atoms. The number of aromatic nitrogens is 2. The highest BCUT2D eigenvalue weighted by atomic mass is 32.1. The van der Waals surface area contributed by atoms with Gasteiger partial charge < -0.3 is 10.3 Å². The monoisotopic (exact) mass is 268 g/mol. The fraction of sp³-hybridized carbons (Fsp3) is 0.143. The highest BCUT2D eigenvalue weighted by Gasteiger charge is 2.12. The minimum absolute atomic E-state index is 0.448. The molecule has 0 radical (unpaired) electrons. The van der Waals surface area contributed by atoms with Crippen molar-refractivity contribution in [2.75, 3.05) is 5.73 Å². The van der Waals surface area contributed by atoms with Crippen LogP contribution < -0.4 is 5.73 Å². The van der Waals surface area contributed by atoms with E-state index in [9.17, 15) is 0 Å². The molecule has 3 rings (SSSR count). The Hall–Kier alpha value is -2.32. The zero-order chi connectivity index (χ0) is 13.4. The summed E-state index contributed by atoms with van der Waals surface area (Å²) in [6, 6.07) is 11.9. The van der Waals surface area contributed by atoms with Gasteiger partial charge in [0.2, 0.25) is 5.95 Å². The van der Waals surface area contributed by atoms with Crippen LogP contribution in [0, 0.1) is 18.3 Å². The first-order valence-corrected chi connectivity index (χ1v) is 6.71. The number of thiophene rings is 1. The van der Waals surface area contributed by atoms with Crippen LogP contribution in [-0.2, 0) is 6.54 Å². The summed E-state index contributed by atoms with van der Waals surface area (Å²) in [5.41, 5.74) is 8.12. The van der Waals surface area contributed by atoms with Crippen LogP contribution in [-0.4, -0.2) is 9.55 Å². The Morgan fingerprint density at radius 2 is 2.21 bits per heavy atom. The molecule has 0 atom stereocenters. The average molecular weight is 268 g/mol. The Morgan fingerprint density at radius 1 is 1.37 bits per heavy atom. The smallest absolute Gasteiger partial charge is 0.201 e. The lowest BCUT2D eigenvalue weighted by Gasteiger charge is -2.04. The van der Waals surface area contributed by atoms with Gasteiger partial charge in [0.15, 0.2) is 0 Å². The first kappa shape index (κ1) is 11.8. The van der Waals surface area contributed by atoms with Gasteiger partial charge in [-0.3, -0.25) is 0 Å². The van der Waals surface area contributed by atoms with E-state index in [-0.39, 0.29) is 0 Å². The number of fused-ring (bicyclic) bond motifs is 1. The van der Waals surface area contributed by atoms with Gasteiger partial charge in [-0.1, -0.05) is 6.07 Å². The van der Waals surface area contributed by atoms with Crippen molar-refractivity contribution in [3.8, 4) is 6.07 Å². The molecule has 4 nitrogen and oxygen atoms in total. The summed E-state index contributed by atoms with van der Waals surface area (Å²) in [5, 5.41) is 9.09. The predicted octanol–water partition coefficient (Wildman–Crippen LogP) is 2.91. The van der Waals surface area contributed by atoms with Gasteiger partial charge in [-0.25, -0.2) is 4.98 Å². The van der Waals surface area contributed by atoms with Crippen LogP contribution in [0.3, 0.4) is 0 Å². The summed E-state index contributed by atoms with van der Waals surface area (Å²) in [4.78, 5) is 6.81. The van der Waals surface area contributed by atoms with Crippen LogP contribution in [0.25, 0.3) is 11.0 Å². The summed E-state index contributed by atoms with van der Waals surface area (Å²) >= 11 is 1.74. The van der Waals surface area contributed by atoms with Crippen LogP contribution in [0.4, 0.5) is 5.95 Å². The van der Waals surface area contributed by atoms with Crippen LogP contribution in [0.2, 0.25) is 0 Å². The van der Waals surface area contributed by atoms with Crippen LogP contribution in [0.15, 0.2) is 30.3 Å². The number of nitrogen functional groups attached to an aromatic ring is 1. The van der Waals surface area contributed by atoms with Gasteiger partial charge in [0.25, 0.3) is 0 Å². The third kappa shape index (κ3) is 1.96. The molecule has 1 aromatic carbocycles. The van der Waals surface area contributed by atoms with Crippen molar-refractivity contribution in [1.82, 2.24) is 9.55 Å². The second-order valence-corrected chi connectivity index (χ2v) is 5.73. The number of nitrogens with zero attached hydrogens (tertiary/aromatic N) is 3. The number of anilines is 1. The van der Waals surface area contributed by atoms with Gasteiger partial charge in [-0.05, 0) is 31.2 Å². The number of hydrogen-bond acceptors (Lipinski definition) is 4. The molecule has 0 saturated carbocycles. The third-order valence-corrected chi connectivity index (χ3v) is 4.02. The minimum atomic E-state index is 0.448. The van der Waals surface area contributed by atoms with Gasteiger partial charge in [0.05, 0.1) is 17.6 Å². The molecule has 0 unspecified atom stereocenters. The molecule has 2 heterocycles. The molecular weight excluding hydrogens is 256 g/mol. The van der Waals surface area contributed by atoms with E-state index in [0.29, 0.717) is 23.6 Å². The van der Waals surface area contributed by atoms with E-state index in [4.69, 9.17) is 11.0 Å². The normalized spacial score (nSPS) is 10.7. The Balaban J connectivity index is 2.14. The Labute approximate surface area is 114 Å². The van der Waals surface area contributed by atoms with Crippen LogP contribution >= 0.6 is 11.3 Å². The van der Waals surface area contributed by atoms with Gasteiger partial charge in [0, 0.05) is 9.75 Å². The number of para-hydroxylation sites is 1. The standard InChI is InChI=1S/C14H12N4S/c1-9-5-6-11(19-9)8-18-12-4-2-3-10(7-15)13(12)17-14(18)16/h2-6H,8H2,1H3,(H2,16,17). The van der Waals surface area contributed by atoms with E-state index in [1.807, 2.05) is 16.7 Å². The number of hydrogen-bond donors (Lipinski definition) is 1. The number of nitriles is 1. The molecule has 0 aliphatic carbocycles. The van der Waals surface area contributed by atoms with Crippen molar-refractivity contribution >= 4 is 28.3 Å². The molecule has 0 amide bonds. The van der Waals surface area contributed by atoms with E-state index >= 15 is 0 Å². The zero-order valence-electron chi connectivity index (χ0n) is 10.4. The molecule has 2 aromatic heterocycles. The van der Waals surface area contributed by atoms with Crippen LogP contribution in [0.5, 0.6) is 0 Å². The SMILES string of the molecule is Cc1ccc(Cn2c(N)nc3c(C#N)cccc32)s1. The molecule has 0 aliphatic rings. The van der Waals surface area contributed by atoms with Crippen molar-refractivity contribution in [3.05, 3.63) is 45.6 Å². The fourth-order valence-corrected chi connectivity index (χ4v) is 3.03. The maximum Gasteiger partial charge on any atom is 0.201 e. The Bertz CT molecular complexity index is 791. The van der Waals surface area contributed by atoms with E-state index in [1.54, 1.807) is 17.4 Å². The van der Waals surface area contributed by atoms with Gasteiger partial charge >= 0.3 is 0 Å². The molecule has 3 aromatic rings. The lowest BCUT2D eigenvalue weighted by molar-refractivity contribution is 0.853. The van der Waals surface area contributed by atoms with Gasteiger partial charge in [-0.15, -0.1) is 11.3 Å². The van der Waals surface area contributed by atoms with Gasteiger partial charge in [0.1, 0.15) is 11.6 Å². The molecule has 0 aliphatic heterocycles. The molecule has 0 spiro atoms. The summed E-state index contributed by atoms with van der Waals surface area (Å²) in [6.07, 6.45) is 0. The number of aryl methyl sites for hydroxylation is 1. The first-order chi connectivity index (χ1) is 9.19. The highest BCUT2D eigenvalue weighted by molar-refractivity contribution is 7.11. The summed E-state index contributed by atoms with van der Waals surface area (Å²) in [6.45, 7) is 2.77. The van der Waals surface area contributed by atoms with E-state index in [1.165, 1.54) is 9.75 Å². The van der Waals surface area contributed by atoms with Crippen molar-refractivity contribution in [2.45, 2.75) is 13.5 Å². The molecule has 94 valence electrons. The predicted molar refractivity (Wildman–Crippen MR) is 77.0 cm³/mol. The quantitative estimate of drug-likeness (QED) is 0.777. The Morgan fingerprint density at radius 3 is 2.89 bits per heavy atom. The molecular formula is C14H12N4S. The lowest BCUT2D eigenvalue weighted by Crippen LogP contribution is -2.03. The van der Waals surface area contributed by atoms with Crippen molar-refractivity contribution in [2.24, 2.45) is 0 Å². The first-order valence-electron chi connectivity index (χ1n) is 5.89. The van der Waals surface area contributed by atoms with Gasteiger partial charge in [-0.2, -0.15) is 5.26 Å². The zero-order valence-corrected chi connectivity index (χ0v) is 11.2. The number of benzene rings is 1. The van der Waals surface area contributed by atoms with Crippen LogP contribution in [0.1, 0.15) is 15.3 Å². The topological polar surface area (TPSA) is 67.6 Å². The second kappa shape index (κ2) is 4.41. The molecule has 0 saturated heterocycles. The molecule has 0 fully saturated rings. The van der Waals surface area contributed by atoms with E-state index in [0.717, 1.165) is 5.52 Å². The highest BCUT2D eigenvalue weighted by Crippen LogP contribution is 2.24. The summed E-state index contributed by atoms with van der Waals surface area (Å²) in [5.74, 6) is 0.448. The van der Waals surface area contributed by atoms with E-state index < -0.39 is 0 Å². The maximum absolute atomic E-state index is 9.09.